The van der Waals surface area contributed by atoms with E-state index in [1.165, 1.54) is 11.8 Å². The Labute approximate surface area is 131 Å². The van der Waals surface area contributed by atoms with Crippen LogP contribution in [-0.2, 0) is 0 Å². The van der Waals surface area contributed by atoms with Gasteiger partial charge in [-0.15, -0.1) is 11.8 Å². The van der Waals surface area contributed by atoms with Crippen LogP contribution < -0.4 is 5.32 Å². The molecule has 1 aromatic heterocycles. The zero-order valence-corrected chi connectivity index (χ0v) is 13.1. The molecular formula is C13H10Cl2N4S. The molecule has 1 aromatic carbocycles. The summed E-state index contributed by atoms with van der Waals surface area (Å²) in [6.45, 7) is 1.77. The zero-order chi connectivity index (χ0) is 14.7. The SMILES string of the molecule is CSc1nc(C)nc(Nc2ccc(Cl)cc2Cl)c1C#N. The highest BCUT2D eigenvalue weighted by Gasteiger charge is 2.13. The second-order valence-corrected chi connectivity index (χ2v) is 5.50. The van der Waals surface area contributed by atoms with Crippen molar-refractivity contribution in [3.63, 3.8) is 0 Å². The van der Waals surface area contributed by atoms with Crippen LogP contribution in [0.25, 0.3) is 0 Å². The van der Waals surface area contributed by atoms with Crippen molar-refractivity contribution in [3.8, 4) is 6.07 Å². The van der Waals surface area contributed by atoms with Crippen LogP contribution in [0.5, 0.6) is 0 Å². The number of halogens is 2. The molecular weight excluding hydrogens is 315 g/mol. The fourth-order valence-electron chi connectivity index (χ4n) is 1.60. The first kappa shape index (κ1) is 14.9. The summed E-state index contributed by atoms with van der Waals surface area (Å²) in [5, 5.41) is 14.0. The van der Waals surface area contributed by atoms with E-state index in [-0.39, 0.29) is 0 Å². The maximum Gasteiger partial charge on any atom is 0.153 e. The molecule has 0 amide bonds. The van der Waals surface area contributed by atoms with Crippen LogP contribution in [-0.4, -0.2) is 16.2 Å². The highest BCUT2D eigenvalue weighted by atomic mass is 35.5. The van der Waals surface area contributed by atoms with Crippen LogP contribution in [0.15, 0.2) is 23.2 Å². The van der Waals surface area contributed by atoms with Crippen LogP contribution in [0, 0.1) is 18.3 Å². The summed E-state index contributed by atoms with van der Waals surface area (Å²) < 4.78 is 0. The second-order valence-electron chi connectivity index (χ2n) is 3.86. The lowest BCUT2D eigenvalue weighted by Gasteiger charge is -2.11. The van der Waals surface area contributed by atoms with Crippen molar-refractivity contribution >= 4 is 46.5 Å². The molecule has 0 aliphatic heterocycles. The Morgan fingerprint density at radius 1 is 1.30 bits per heavy atom. The fourth-order valence-corrected chi connectivity index (χ4v) is 2.63. The third-order valence-corrected chi connectivity index (χ3v) is 3.71. The van der Waals surface area contributed by atoms with Gasteiger partial charge in [-0.2, -0.15) is 5.26 Å². The average molecular weight is 325 g/mol. The smallest absolute Gasteiger partial charge is 0.153 e. The number of nitrogens with zero attached hydrogens (tertiary/aromatic N) is 3. The molecule has 0 aliphatic rings. The third-order valence-electron chi connectivity index (χ3n) is 2.48. The summed E-state index contributed by atoms with van der Waals surface area (Å²) in [5.41, 5.74) is 1.03. The lowest BCUT2D eigenvalue weighted by molar-refractivity contribution is 0.962. The molecule has 7 heteroatoms. The van der Waals surface area contributed by atoms with Crippen LogP contribution in [0.4, 0.5) is 11.5 Å². The van der Waals surface area contributed by atoms with Gasteiger partial charge in [-0.05, 0) is 31.4 Å². The number of benzene rings is 1. The summed E-state index contributed by atoms with van der Waals surface area (Å²) in [6, 6.07) is 7.19. The largest absolute Gasteiger partial charge is 0.338 e. The Kier molecular flexibility index (Phi) is 4.71. The van der Waals surface area contributed by atoms with E-state index in [0.29, 0.717) is 38.0 Å². The van der Waals surface area contributed by atoms with E-state index in [1.807, 2.05) is 6.26 Å². The number of thioether (sulfide) groups is 1. The summed E-state index contributed by atoms with van der Waals surface area (Å²) >= 11 is 13.4. The number of nitrogens with one attached hydrogen (secondary N) is 1. The highest BCUT2D eigenvalue weighted by Crippen LogP contribution is 2.30. The molecule has 20 heavy (non-hydrogen) atoms. The van der Waals surface area contributed by atoms with Gasteiger partial charge in [0.1, 0.15) is 22.5 Å². The van der Waals surface area contributed by atoms with Crippen LogP contribution in [0.1, 0.15) is 11.4 Å². The predicted octanol–water partition coefficient (Wildman–Crippen LogP) is 4.43. The molecule has 1 N–H and O–H groups in total. The van der Waals surface area contributed by atoms with Crippen molar-refractivity contribution in [2.45, 2.75) is 11.9 Å². The van der Waals surface area contributed by atoms with E-state index in [1.54, 1.807) is 25.1 Å². The number of nitriles is 1. The maximum absolute atomic E-state index is 9.28. The number of hydrogen-bond donors (Lipinski definition) is 1. The summed E-state index contributed by atoms with van der Waals surface area (Å²) in [4.78, 5) is 8.50. The van der Waals surface area contributed by atoms with Crippen molar-refractivity contribution in [3.05, 3.63) is 39.6 Å². The van der Waals surface area contributed by atoms with Gasteiger partial charge in [-0.1, -0.05) is 23.2 Å². The third kappa shape index (κ3) is 3.15. The van der Waals surface area contributed by atoms with Gasteiger partial charge in [0.05, 0.1) is 10.7 Å². The number of aryl methyl sites for hydroxylation is 1. The minimum absolute atomic E-state index is 0.397. The van der Waals surface area contributed by atoms with Crippen LogP contribution in [0.3, 0.4) is 0 Å². The van der Waals surface area contributed by atoms with Crippen LogP contribution >= 0.6 is 35.0 Å². The summed E-state index contributed by atoms with van der Waals surface area (Å²) in [5.74, 6) is 1.02. The Morgan fingerprint density at radius 2 is 2.05 bits per heavy atom. The molecule has 4 nitrogen and oxygen atoms in total. The van der Waals surface area contributed by atoms with Gasteiger partial charge in [0.25, 0.3) is 0 Å². The predicted molar refractivity (Wildman–Crippen MR) is 83.0 cm³/mol. The molecule has 0 spiro atoms. The van der Waals surface area contributed by atoms with Crippen molar-refractivity contribution in [2.75, 3.05) is 11.6 Å². The molecule has 0 atom stereocenters. The Bertz CT molecular complexity index is 698. The van der Waals surface area contributed by atoms with Crippen molar-refractivity contribution in [2.24, 2.45) is 0 Å². The van der Waals surface area contributed by atoms with Gasteiger partial charge in [0.15, 0.2) is 5.82 Å². The maximum atomic E-state index is 9.28. The first-order valence-electron chi connectivity index (χ1n) is 5.60. The highest BCUT2D eigenvalue weighted by molar-refractivity contribution is 7.98. The van der Waals surface area contributed by atoms with E-state index in [2.05, 4.69) is 21.4 Å². The van der Waals surface area contributed by atoms with Crippen molar-refractivity contribution in [1.82, 2.24) is 9.97 Å². The topological polar surface area (TPSA) is 61.6 Å². The zero-order valence-electron chi connectivity index (χ0n) is 10.7. The minimum atomic E-state index is 0.397. The van der Waals surface area contributed by atoms with E-state index < -0.39 is 0 Å². The Balaban J connectivity index is 2.48. The first-order chi connectivity index (χ1) is 9.55. The molecule has 2 rings (SSSR count). The molecule has 0 saturated carbocycles. The van der Waals surface area contributed by atoms with Gasteiger partial charge >= 0.3 is 0 Å². The quantitative estimate of drug-likeness (QED) is 0.668. The number of rotatable bonds is 3. The molecule has 2 aromatic rings. The van der Waals surface area contributed by atoms with Crippen LogP contribution in [0.2, 0.25) is 10.0 Å². The Hall–Kier alpha value is -1.48. The van der Waals surface area contributed by atoms with E-state index in [0.717, 1.165) is 0 Å². The molecule has 0 fully saturated rings. The fraction of sp³-hybridized carbons (Fsp3) is 0.154. The van der Waals surface area contributed by atoms with E-state index >= 15 is 0 Å². The summed E-state index contributed by atoms with van der Waals surface area (Å²) in [6.07, 6.45) is 1.86. The first-order valence-corrected chi connectivity index (χ1v) is 7.58. The number of anilines is 2. The molecule has 0 bridgehead atoms. The molecule has 102 valence electrons. The van der Waals surface area contributed by atoms with Gasteiger partial charge in [-0.25, -0.2) is 9.97 Å². The molecule has 0 aliphatic carbocycles. The Morgan fingerprint density at radius 3 is 2.65 bits per heavy atom. The second kappa shape index (κ2) is 6.31. The van der Waals surface area contributed by atoms with Gasteiger partial charge in [-0.3, -0.25) is 0 Å². The number of aromatic nitrogens is 2. The van der Waals surface area contributed by atoms with Gasteiger partial charge in [0.2, 0.25) is 0 Å². The van der Waals surface area contributed by atoms with Gasteiger partial charge < -0.3 is 5.32 Å². The molecule has 0 radical (unpaired) electrons. The normalized spacial score (nSPS) is 10.2. The molecule has 0 unspecified atom stereocenters. The van der Waals surface area contributed by atoms with E-state index in [9.17, 15) is 5.26 Å². The van der Waals surface area contributed by atoms with Crippen molar-refractivity contribution < 1.29 is 0 Å². The summed E-state index contributed by atoms with van der Waals surface area (Å²) in [7, 11) is 0. The standard InChI is InChI=1S/C13H10Cl2N4S/c1-7-17-12(9(6-16)13(18-7)20-2)19-11-4-3-8(14)5-10(11)15/h3-5H,1-2H3,(H,17,18,19). The lowest BCUT2D eigenvalue weighted by atomic mass is 10.3. The monoisotopic (exact) mass is 324 g/mol. The average Bonchev–Trinajstić information content (AvgIpc) is 2.41. The lowest BCUT2D eigenvalue weighted by Crippen LogP contribution is -2.03. The van der Waals surface area contributed by atoms with E-state index in [4.69, 9.17) is 23.2 Å². The van der Waals surface area contributed by atoms with Crippen molar-refractivity contribution in [1.29, 1.82) is 5.26 Å². The van der Waals surface area contributed by atoms with Gasteiger partial charge in [0, 0.05) is 5.02 Å². The minimum Gasteiger partial charge on any atom is -0.338 e. The molecule has 1 heterocycles. The number of hydrogen-bond acceptors (Lipinski definition) is 5. The molecule has 0 saturated heterocycles.